The van der Waals surface area contributed by atoms with Crippen LogP contribution in [-0.2, 0) is 36.3 Å². The van der Waals surface area contributed by atoms with Crippen LogP contribution < -0.4 is 5.32 Å². The molecule has 1 saturated heterocycles. The monoisotopic (exact) mass is 651 g/mol. The minimum Gasteiger partial charge on any atom is -0.444 e. The van der Waals surface area contributed by atoms with Crippen LogP contribution in [0, 0.1) is 12.3 Å². The Morgan fingerprint density at radius 3 is 2.37 bits per heavy atom. The number of fused-ring (bicyclic) bond motifs is 1. The van der Waals surface area contributed by atoms with E-state index < -0.39 is 65.6 Å². The Labute approximate surface area is 228 Å². The number of nitrogens with one attached hydrogen (secondary N) is 1. The van der Waals surface area contributed by atoms with Crippen LogP contribution in [-0.4, -0.2) is 80.1 Å². The number of aliphatic hydroxyl groups excluding tert-OH is 1. The van der Waals surface area contributed by atoms with Gasteiger partial charge in [0.25, 0.3) is 5.85 Å². The second kappa shape index (κ2) is 11.0. The van der Waals surface area contributed by atoms with Gasteiger partial charge in [-0.3, -0.25) is 14.4 Å². The zero-order chi connectivity index (χ0) is 31.2. The number of aromatic nitrogens is 4. The van der Waals surface area contributed by atoms with E-state index in [1.807, 2.05) is 0 Å². The molecule has 6 N–H and O–H groups in total. The highest BCUT2D eigenvalue weighted by Gasteiger charge is 2.67. The average Bonchev–Trinajstić information content (AvgIpc) is 3.29. The molecule has 1 aliphatic heterocycles. The first-order valence-corrected chi connectivity index (χ1v) is 15.2. The Morgan fingerprint density at radius 2 is 1.80 bits per heavy atom. The smallest absolute Gasteiger partial charge is 0.444 e. The molecular weight excluding hydrogens is 629 g/mol. The van der Waals surface area contributed by atoms with Crippen molar-refractivity contribution in [1.29, 1.82) is 0 Å². The Kier molecular flexibility index (Phi) is 8.88. The summed E-state index contributed by atoms with van der Waals surface area (Å²) in [6.45, 7) is 2.88. The lowest BCUT2D eigenvalue weighted by Crippen LogP contribution is -2.47. The number of amides is 1. The van der Waals surface area contributed by atoms with Crippen LogP contribution in [0.15, 0.2) is 12.7 Å². The molecule has 228 valence electrons. The molecule has 24 heteroatoms. The van der Waals surface area contributed by atoms with Crippen molar-refractivity contribution in [3.05, 3.63) is 12.7 Å². The number of phosphoric ester groups is 1. The summed E-state index contributed by atoms with van der Waals surface area (Å²) in [5, 5.41) is 12.7. The Morgan fingerprint density at radius 1 is 1.17 bits per heavy atom. The highest BCUT2D eigenvalue weighted by atomic mass is 31.3. The summed E-state index contributed by atoms with van der Waals surface area (Å²) in [5.74, 6) is -2.49. The number of phosphoric acid groups is 3. The van der Waals surface area contributed by atoms with Crippen LogP contribution in [0.25, 0.3) is 11.2 Å². The first-order chi connectivity index (χ1) is 18.5. The third-order valence-corrected chi connectivity index (χ3v) is 8.55. The number of rotatable bonds is 9. The van der Waals surface area contributed by atoms with E-state index in [1.54, 1.807) is 20.8 Å². The third-order valence-electron chi connectivity index (χ3n) is 4.77. The summed E-state index contributed by atoms with van der Waals surface area (Å²) >= 11 is 0. The number of carbonyl (C=O) groups is 1. The van der Waals surface area contributed by atoms with Gasteiger partial charge in [-0.1, -0.05) is 5.92 Å². The molecule has 0 spiro atoms. The number of halogens is 2. The van der Waals surface area contributed by atoms with Gasteiger partial charge in [0, 0.05) is 0 Å². The van der Waals surface area contributed by atoms with Crippen molar-refractivity contribution >= 4 is 46.5 Å². The van der Waals surface area contributed by atoms with Crippen molar-refractivity contribution in [2.24, 2.45) is 0 Å². The number of hydrogen-bond donors (Lipinski definition) is 6. The van der Waals surface area contributed by atoms with E-state index in [1.165, 1.54) is 5.92 Å². The van der Waals surface area contributed by atoms with Crippen molar-refractivity contribution in [1.82, 2.24) is 19.5 Å². The van der Waals surface area contributed by atoms with Gasteiger partial charge in [-0.05, 0) is 20.8 Å². The lowest BCUT2D eigenvalue weighted by Gasteiger charge is -2.25. The fraction of sp³-hybridized carbons (Fsp3) is 0.529. The SMILES string of the molecule is C#C[C@]1(F)[C@H](n2cnc3c(NC(=O)OC(C)(C)C)ncnc32)O[C@](F)(COP(=O)(O)OP(=O)(O)OP(=O)(O)O)[C@H]1O. The fourth-order valence-electron chi connectivity index (χ4n) is 3.30. The highest BCUT2D eigenvalue weighted by molar-refractivity contribution is 7.66. The van der Waals surface area contributed by atoms with Crippen LogP contribution in [0.5, 0.6) is 0 Å². The lowest BCUT2D eigenvalue weighted by atomic mass is 9.96. The van der Waals surface area contributed by atoms with Crippen molar-refractivity contribution < 1.29 is 74.6 Å². The maximum absolute atomic E-state index is 15.8. The maximum atomic E-state index is 15.8. The molecule has 0 bridgehead atoms. The predicted octanol–water partition coefficient (Wildman–Crippen LogP) is 1.41. The van der Waals surface area contributed by atoms with Gasteiger partial charge >= 0.3 is 29.6 Å². The van der Waals surface area contributed by atoms with Crippen molar-refractivity contribution in [3.8, 4) is 12.3 Å². The molecule has 19 nitrogen and oxygen atoms in total. The Balaban J connectivity index is 1.88. The van der Waals surface area contributed by atoms with Gasteiger partial charge in [0.2, 0.25) is 5.67 Å². The van der Waals surface area contributed by atoms with E-state index in [9.17, 15) is 33.4 Å². The van der Waals surface area contributed by atoms with Gasteiger partial charge in [-0.15, -0.1) is 6.42 Å². The van der Waals surface area contributed by atoms with E-state index in [0.29, 0.717) is 4.57 Å². The molecule has 3 heterocycles. The van der Waals surface area contributed by atoms with Crippen molar-refractivity contribution in [3.63, 3.8) is 0 Å². The first-order valence-electron chi connectivity index (χ1n) is 10.7. The van der Waals surface area contributed by atoms with Crippen LogP contribution in [0.4, 0.5) is 19.4 Å². The molecular formula is C17H22F2N5O14P3. The second-order valence-electron chi connectivity index (χ2n) is 9.11. The predicted molar refractivity (Wildman–Crippen MR) is 128 cm³/mol. The molecule has 1 amide bonds. The topological polar surface area (TPSA) is 271 Å². The van der Waals surface area contributed by atoms with Gasteiger partial charge in [-0.2, -0.15) is 8.62 Å². The van der Waals surface area contributed by atoms with E-state index in [2.05, 4.69) is 33.4 Å². The van der Waals surface area contributed by atoms with E-state index in [0.717, 1.165) is 12.7 Å². The van der Waals surface area contributed by atoms with Crippen molar-refractivity contribution in [2.75, 3.05) is 11.9 Å². The molecule has 0 aromatic carbocycles. The number of anilines is 1. The molecule has 3 rings (SSSR count). The molecule has 1 fully saturated rings. The summed E-state index contributed by atoms with van der Waals surface area (Å²) in [5.41, 5.74) is -4.84. The number of aliphatic hydroxyl groups is 1. The summed E-state index contributed by atoms with van der Waals surface area (Å²) < 4.78 is 87.5. The highest BCUT2D eigenvalue weighted by Crippen LogP contribution is 2.66. The number of nitrogens with zero attached hydrogens (tertiary/aromatic N) is 4. The number of alkyl halides is 2. The minimum absolute atomic E-state index is 0.194. The van der Waals surface area contributed by atoms with Crippen LogP contribution >= 0.6 is 23.5 Å². The maximum Gasteiger partial charge on any atom is 0.490 e. The number of terminal acetylenes is 1. The normalized spacial score (nSPS) is 28.0. The largest absolute Gasteiger partial charge is 0.490 e. The minimum atomic E-state index is -5.97. The quantitative estimate of drug-likeness (QED) is 0.165. The van der Waals surface area contributed by atoms with Crippen LogP contribution in [0.3, 0.4) is 0 Å². The first kappa shape index (κ1) is 33.1. The molecule has 41 heavy (non-hydrogen) atoms. The van der Waals surface area contributed by atoms with Gasteiger partial charge in [0.05, 0.1) is 6.33 Å². The Bertz CT molecular complexity index is 1520. The second-order valence-corrected chi connectivity index (χ2v) is 13.5. The van der Waals surface area contributed by atoms with Gasteiger partial charge in [-0.25, -0.2) is 42.2 Å². The molecule has 0 aliphatic carbocycles. The van der Waals surface area contributed by atoms with Crippen LogP contribution in [0.1, 0.15) is 27.0 Å². The average molecular weight is 651 g/mol. The van der Waals surface area contributed by atoms with Gasteiger partial charge < -0.3 is 34.2 Å². The molecule has 2 aromatic rings. The van der Waals surface area contributed by atoms with E-state index in [4.69, 9.17) is 25.7 Å². The van der Waals surface area contributed by atoms with Gasteiger partial charge in [0.15, 0.2) is 29.3 Å². The molecule has 2 aromatic heterocycles. The summed E-state index contributed by atoms with van der Waals surface area (Å²) in [6.07, 6.45) is 0.714. The third kappa shape index (κ3) is 7.70. The van der Waals surface area contributed by atoms with E-state index >= 15 is 8.78 Å². The van der Waals surface area contributed by atoms with E-state index in [-0.39, 0.29) is 17.0 Å². The zero-order valence-electron chi connectivity index (χ0n) is 20.9. The lowest BCUT2D eigenvalue weighted by molar-refractivity contribution is -0.203. The Hall–Kier alpha value is -2.43. The van der Waals surface area contributed by atoms with Gasteiger partial charge in [0.1, 0.15) is 18.5 Å². The van der Waals surface area contributed by atoms with Crippen molar-refractivity contribution in [2.45, 2.75) is 50.2 Å². The molecule has 0 radical (unpaired) electrons. The summed E-state index contributed by atoms with van der Waals surface area (Å²) in [4.78, 5) is 59.7. The molecule has 6 atom stereocenters. The standard InChI is InChI=1S/C17H22F2N5O14P3/c1-5-16(18)12(25)17(19,6-34-40(30,31)38-41(32,33)37-39(27,28)29)35-13(16)24-8-22-9-10(20-7-21-11(9)24)23-14(26)36-15(2,3)4/h1,7-8,12-13,25H,6H2,2-4H3,(H,30,31)(H,32,33)(H2,27,28,29)(H,20,21,23,26)/t12-,13+,16+,17+/m0/s1. The number of ether oxygens (including phenoxy) is 2. The zero-order valence-corrected chi connectivity index (χ0v) is 23.6. The summed E-state index contributed by atoms with van der Waals surface area (Å²) in [6, 6.07) is 0. The number of imidazole rings is 1. The summed E-state index contributed by atoms with van der Waals surface area (Å²) in [7, 11) is -17.6. The molecule has 2 unspecified atom stereocenters. The molecule has 0 saturated carbocycles. The molecule has 1 aliphatic rings. The number of carbonyl (C=O) groups excluding carboxylic acids is 1. The van der Waals surface area contributed by atoms with Crippen LogP contribution in [0.2, 0.25) is 0 Å². The number of hydrogen-bond acceptors (Lipinski definition) is 13. The fourth-order valence-corrected chi connectivity index (χ4v) is 6.33.